The first kappa shape index (κ1) is 23.8. The molecule has 3 rings (SSSR count). The fourth-order valence-electron chi connectivity index (χ4n) is 3.72. The molecule has 0 saturated carbocycles. The molecule has 0 amide bonds. The summed E-state index contributed by atoms with van der Waals surface area (Å²) in [6, 6.07) is 8.55. The number of halogens is 3. The average molecular weight is 480 g/mol. The lowest BCUT2D eigenvalue weighted by Crippen LogP contribution is -2.25. The molecule has 2 aromatic rings. The van der Waals surface area contributed by atoms with Gasteiger partial charge in [-0.05, 0) is 60.8 Å². The standard InChI is InChI=1S/C19H20Cl2N2O4S.ClH/c1-22-17-6-4-11(10-3-5-15(20)16(21)7-10)12-8-14(19(24)25)18(9-13(12)17)23-28(2,26)27;/h3,5,7-9,11,17,22-23H,4,6H2,1-2H3,(H,24,25);1H. The van der Waals surface area contributed by atoms with Crippen molar-refractivity contribution >= 4 is 57.3 Å². The minimum Gasteiger partial charge on any atom is -0.478 e. The number of rotatable bonds is 5. The number of fused-ring (bicyclic) bond motifs is 1. The number of anilines is 1. The van der Waals surface area contributed by atoms with Crippen molar-refractivity contribution in [2.24, 2.45) is 0 Å². The smallest absolute Gasteiger partial charge is 0.337 e. The van der Waals surface area contributed by atoms with E-state index in [9.17, 15) is 18.3 Å². The Labute approximate surface area is 186 Å². The van der Waals surface area contributed by atoms with Crippen LogP contribution >= 0.6 is 35.6 Å². The van der Waals surface area contributed by atoms with Crippen molar-refractivity contribution < 1.29 is 18.3 Å². The van der Waals surface area contributed by atoms with Gasteiger partial charge in [-0.1, -0.05) is 29.3 Å². The summed E-state index contributed by atoms with van der Waals surface area (Å²) in [6.45, 7) is 0. The molecule has 0 saturated heterocycles. The van der Waals surface area contributed by atoms with E-state index in [1.807, 2.05) is 13.1 Å². The van der Waals surface area contributed by atoms with Crippen molar-refractivity contribution in [1.82, 2.24) is 5.32 Å². The van der Waals surface area contributed by atoms with Crippen LogP contribution in [0.25, 0.3) is 0 Å². The third-order valence-corrected chi connectivity index (χ3v) is 6.27. The summed E-state index contributed by atoms with van der Waals surface area (Å²) >= 11 is 12.2. The van der Waals surface area contributed by atoms with E-state index in [1.54, 1.807) is 24.3 Å². The predicted octanol–water partition coefficient (Wildman–Crippen LogP) is 4.67. The molecule has 0 spiro atoms. The van der Waals surface area contributed by atoms with Gasteiger partial charge in [0.05, 0.1) is 27.6 Å². The van der Waals surface area contributed by atoms with Gasteiger partial charge in [0.15, 0.2) is 0 Å². The van der Waals surface area contributed by atoms with Crippen molar-refractivity contribution in [1.29, 1.82) is 0 Å². The number of hydrogen-bond acceptors (Lipinski definition) is 4. The lowest BCUT2D eigenvalue weighted by Gasteiger charge is -2.33. The highest BCUT2D eigenvalue weighted by atomic mass is 35.5. The van der Waals surface area contributed by atoms with Gasteiger partial charge in [0.1, 0.15) is 0 Å². The van der Waals surface area contributed by atoms with Crippen molar-refractivity contribution in [2.45, 2.75) is 24.8 Å². The molecule has 6 nitrogen and oxygen atoms in total. The lowest BCUT2D eigenvalue weighted by atomic mass is 9.76. The molecule has 1 aliphatic rings. The van der Waals surface area contributed by atoms with Crippen LogP contribution in [0.3, 0.4) is 0 Å². The van der Waals surface area contributed by atoms with Crippen LogP contribution in [0.15, 0.2) is 30.3 Å². The first-order valence-corrected chi connectivity index (χ1v) is 11.3. The number of carbonyl (C=O) groups is 1. The molecular weight excluding hydrogens is 459 g/mol. The Morgan fingerprint density at radius 1 is 1.10 bits per heavy atom. The summed E-state index contributed by atoms with van der Waals surface area (Å²) in [7, 11) is -1.80. The number of nitrogens with one attached hydrogen (secondary N) is 2. The Morgan fingerprint density at radius 2 is 1.79 bits per heavy atom. The summed E-state index contributed by atoms with van der Waals surface area (Å²) in [6.07, 6.45) is 2.58. The summed E-state index contributed by atoms with van der Waals surface area (Å²) in [5, 5.41) is 13.7. The number of carboxylic acids is 1. The van der Waals surface area contributed by atoms with Crippen molar-refractivity contribution in [3.63, 3.8) is 0 Å². The fourth-order valence-corrected chi connectivity index (χ4v) is 4.59. The number of aromatic carboxylic acids is 1. The van der Waals surface area contributed by atoms with Gasteiger partial charge < -0.3 is 10.4 Å². The Kier molecular flexibility index (Phi) is 7.46. The Bertz CT molecular complexity index is 1040. The number of benzene rings is 2. The van der Waals surface area contributed by atoms with E-state index < -0.39 is 16.0 Å². The van der Waals surface area contributed by atoms with E-state index in [2.05, 4.69) is 10.0 Å². The highest BCUT2D eigenvalue weighted by Crippen LogP contribution is 2.44. The lowest BCUT2D eigenvalue weighted by molar-refractivity contribution is 0.0698. The van der Waals surface area contributed by atoms with Gasteiger partial charge >= 0.3 is 5.97 Å². The summed E-state index contributed by atoms with van der Waals surface area (Å²) in [5.74, 6) is -1.27. The van der Waals surface area contributed by atoms with Gasteiger partial charge in [-0.15, -0.1) is 12.4 Å². The Morgan fingerprint density at radius 3 is 2.34 bits per heavy atom. The topological polar surface area (TPSA) is 95.5 Å². The van der Waals surface area contributed by atoms with E-state index >= 15 is 0 Å². The first-order chi connectivity index (χ1) is 13.1. The summed E-state index contributed by atoms with van der Waals surface area (Å²) < 4.78 is 25.7. The van der Waals surface area contributed by atoms with E-state index in [4.69, 9.17) is 23.2 Å². The SMILES string of the molecule is CNC1CCC(c2ccc(Cl)c(Cl)c2)c2cc(C(=O)O)c(NS(C)(=O)=O)cc21.Cl. The van der Waals surface area contributed by atoms with Gasteiger partial charge in [-0.3, -0.25) is 4.72 Å². The molecule has 0 fully saturated rings. The van der Waals surface area contributed by atoms with Gasteiger partial charge in [0, 0.05) is 12.0 Å². The molecule has 0 aromatic heterocycles. The molecule has 3 N–H and O–H groups in total. The Balaban J connectivity index is 0.00000300. The molecule has 1 aliphatic carbocycles. The second-order valence-corrected chi connectivity index (χ2v) is 9.41. The van der Waals surface area contributed by atoms with Gasteiger partial charge in [-0.2, -0.15) is 0 Å². The second-order valence-electron chi connectivity index (χ2n) is 6.85. The molecule has 158 valence electrons. The predicted molar refractivity (Wildman–Crippen MR) is 118 cm³/mol. The zero-order valence-corrected chi connectivity index (χ0v) is 18.8. The maximum atomic E-state index is 11.8. The zero-order valence-electron chi connectivity index (χ0n) is 15.7. The molecular formula is C19H21Cl3N2O4S. The third kappa shape index (κ3) is 5.16. The molecule has 10 heteroatoms. The van der Waals surface area contributed by atoms with E-state index in [0.29, 0.717) is 10.0 Å². The molecule has 29 heavy (non-hydrogen) atoms. The Hall–Kier alpha value is -1.51. The molecule has 2 aromatic carbocycles. The quantitative estimate of drug-likeness (QED) is 0.579. The highest BCUT2D eigenvalue weighted by Gasteiger charge is 2.30. The van der Waals surface area contributed by atoms with Gasteiger partial charge in [0.2, 0.25) is 10.0 Å². The zero-order chi connectivity index (χ0) is 20.6. The third-order valence-electron chi connectivity index (χ3n) is 4.94. The van der Waals surface area contributed by atoms with E-state index in [0.717, 1.165) is 35.8 Å². The van der Waals surface area contributed by atoms with E-state index in [-0.39, 0.29) is 35.6 Å². The summed E-state index contributed by atoms with van der Waals surface area (Å²) in [4.78, 5) is 11.8. The second kappa shape index (κ2) is 9.10. The van der Waals surface area contributed by atoms with Crippen LogP contribution in [0.5, 0.6) is 0 Å². The van der Waals surface area contributed by atoms with Crippen LogP contribution in [-0.4, -0.2) is 32.8 Å². The maximum Gasteiger partial charge on any atom is 0.337 e. The molecule has 0 aliphatic heterocycles. The van der Waals surface area contributed by atoms with Crippen molar-refractivity contribution in [2.75, 3.05) is 18.0 Å². The molecule has 0 radical (unpaired) electrons. The maximum absolute atomic E-state index is 11.8. The number of sulfonamides is 1. The molecule has 2 atom stereocenters. The molecule has 0 heterocycles. The summed E-state index contributed by atoms with van der Waals surface area (Å²) in [5.41, 5.74) is 2.60. The van der Waals surface area contributed by atoms with E-state index in [1.165, 1.54) is 0 Å². The van der Waals surface area contributed by atoms with Crippen LogP contribution in [-0.2, 0) is 10.0 Å². The van der Waals surface area contributed by atoms with Crippen LogP contribution in [0.1, 0.15) is 51.8 Å². The number of carboxylic acid groups (broad SMARTS) is 1. The van der Waals surface area contributed by atoms with Crippen LogP contribution < -0.4 is 10.0 Å². The molecule has 0 bridgehead atoms. The van der Waals surface area contributed by atoms with Crippen LogP contribution in [0, 0.1) is 0 Å². The van der Waals surface area contributed by atoms with Crippen molar-refractivity contribution in [3.8, 4) is 0 Å². The van der Waals surface area contributed by atoms with Crippen LogP contribution in [0.2, 0.25) is 10.0 Å². The highest BCUT2D eigenvalue weighted by molar-refractivity contribution is 7.92. The monoisotopic (exact) mass is 478 g/mol. The minimum absolute atomic E-state index is 0. The molecule has 2 unspecified atom stereocenters. The average Bonchev–Trinajstić information content (AvgIpc) is 2.61. The van der Waals surface area contributed by atoms with Gasteiger partial charge in [0.25, 0.3) is 0 Å². The number of hydrogen-bond donors (Lipinski definition) is 3. The van der Waals surface area contributed by atoms with Crippen molar-refractivity contribution in [3.05, 3.63) is 62.6 Å². The first-order valence-electron chi connectivity index (χ1n) is 8.62. The normalized spacial score (nSPS) is 18.5. The fraction of sp³-hybridized carbons (Fsp3) is 0.316. The van der Waals surface area contributed by atoms with Gasteiger partial charge in [-0.25, -0.2) is 13.2 Å². The van der Waals surface area contributed by atoms with Crippen LogP contribution in [0.4, 0.5) is 5.69 Å². The largest absolute Gasteiger partial charge is 0.478 e. The minimum atomic E-state index is -3.63.